The third-order valence-electron chi connectivity index (χ3n) is 4.29. The second-order valence-corrected chi connectivity index (χ2v) is 7.20. The maximum absolute atomic E-state index is 6.28. The summed E-state index contributed by atoms with van der Waals surface area (Å²) in [4.78, 5) is 4.65. The number of hydrogen-bond acceptors (Lipinski definition) is 3. The average Bonchev–Trinajstić information content (AvgIpc) is 2.72. The van der Waals surface area contributed by atoms with Crippen molar-refractivity contribution in [3.05, 3.63) is 63.6 Å². The third-order valence-corrected chi connectivity index (χ3v) is 4.77. The lowest BCUT2D eigenvalue weighted by molar-refractivity contribution is 0.185. The molecule has 0 aliphatic carbocycles. The monoisotopic (exact) mass is 436 g/mol. The Labute approximate surface area is 178 Å². The summed E-state index contributed by atoms with van der Waals surface area (Å²) in [5, 5.41) is 1.47. The van der Waals surface area contributed by atoms with E-state index in [9.17, 15) is 0 Å². The summed E-state index contributed by atoms with van der Waals surface area (Å²) in [6, 6.07) is 14.0. The standard InChI is InChI=1S/C19H22Cl2N2O.2ClH/c1-22(2)9-10-23-11-12-24-18-8-7-16(21)13-17(18)19(23)14-3-5-15(20)6-4-14;;/h3-8,13,19H,9-12H2,1-2H3;2*1H. The van der Waals surface area contributed by atoms with Gasteiger partial charge in [0, 0.05) is 35.2 Å². The predicted octanol–water partition coefficient (Wildman–Crippen LogP) is 5.18. The van der Waals surface area contributed by atoms with Crippen LogP contribution in [0.2, 0.25) is 10.0 Å². The number of ether oxygens (including phenoxy) is 1. The zero-order valence-corrected chi connectivity index (χ0v) is 18.0. The van der Waals surface area contributed by atoms with Crippen LogP contribution >= 0.6 is 48.0 Å². The first kappa shape index (κ1) is 23.4. The smallest absolute Gasteiger partial charge is 0.124 e. The molecular weight excluding hydrogens is 414 g/mol. The first-order chi connectivity index (χ1) is 11.5. The molecule has 1 aliphatic rings. The van der Waals surface area contributed by atoms with E-state index in [2.05, 4.69) is 36.0 Å². The lowest BCUT2D eigenvalue weighted by Gasteiger charge is -2.31. The Balaban J connectivity index is 0.00000169. The van der Waals surface area contributed by atoms with Crippen LogP contribution in [0, 0.1) is 0 Å². The summed E-state index contributed by atoms with van der Waals surface area (Å²) in [6.07, 6.45) is 0. The lowest BCUT2D eigenvalue weighted by atomic mass is 9.96. The minimum atomic E-state index is 0. The van der Waals surface area contributed by atoms with Gasteiger partial charge in [0.25, 0.3) is 0 Å². The lowest BCUT2D eigenvalue weighted by Crippen LogP contribution is -2.36. The van der Waals surface area contributed by atoms with Crippen LogP contribution in [-0.2, 0) is 0 Å². The van der Waals surface area contributed by atoms with Gasteiger partial charge in [-0.2, -0.15) is 0 Å². The molecule has 1 heterocycles. The molecule has 0 radical (unpaired) electrons. The summed E-state index contributed by atoms with van der Waals surface area (Å²) in [6.45, 7) is 3.48. The zero-order chi connectivity index (χ0) is 17.1. The van der Waals surface area contributed by atoms with Crippen LogP contribution in [0.25, 0.3) is 0 Å². The summed E-state index contributed by atoms with van der Waals surface area (Å²) >= 11 is 12.4. The van der Waals surface area contributed by atoms with Gasteiger partial charge in [-0.25, -0.2) is 0 Å². The summed E-state index contributed by atoms with van der Waals surface area (Å²) in [5.41, 5.74) is 2.31. The van der Waals surface area contributed by atoms with E-state index in [4.69, 9.17) is 27.9 Å². The van der Waals surface area contributed by atoms with E-state index in [-0.39, 0.29) is 30.9 Å². The second kappa shape index (κ2) is 10.6. The van der Waals surface area contributed by atoms with Crippen molar-refractivity contribution < 1.29 is 4.74 Å². The van der Waals surface area contributed by atoms with Gasteiger partial charge in [0.15, 0.2) is 0 Å². The van der Waals surface area contributed by atoms with E-state index < -0.39 is 0 Å². The average molecular weight is 438 g/mol. The van der Waals surface area contributed by atoms with E-state index in [0.717, 1.165) is 41.0 Å². The molecule has 1 unspecified atom stereocenters. The highest BCUT2D eigenvalue weighted by Gasteiger charge is 2.28. The quantitative estimate of drug-likeness (QED) is 0.655. The summed E-state index contributed by atoms with van der Waals surface area (Å²) < 4.78 is 5.98. The molecule has 0 fully saturated rings. The third kappa shape index (κ3) is 5.66. The molecule has 0 N–H and O–H groups in total. The highest BCUT2D eigenvalue weighted by Crippen LogP contribution is 2.38. The minimum absolute atomic E-state index is 0. The molecule has 0 bridgehead atoms. The fourth-order valence-corrected chi connectivity index (χ4v) is 3.37. The molecular formula is C19H24Cl4N2O. The molecule has 0 amide bonds. The normalized spacial score (nSPS) is 16.7. The molecule has 7 heteroatoms. The molecule has 0 saturated carbocycles. The van der Waals surface area contributed by atoms with Gasteiger partial charge >= 0.3 is 0 Å². The summed E-state index contributed by atoms with van der Waals surface area (Å²) in [7, 11) is 4.19. The van der Waals surface area contributed by atoms with E-state index in [0.29, 0.717) is 6.61 Å². The number of likely N-dealkylation sites (N-methyl/N-ethyl adjacent to an activating group) is 1. The van der Waals surface area contributed by atoms with Crippen LogP contribution in [-0.4, -0.2) is 50.1 Å². The van der Waals surface area contributed by atoms with Gasteiger partial charge in [0.2, 0.25) is 0 Å². The molecule has 0 spiro atoms. The number of benzene rings is 2. The van der Waals surface area contributed by atoms with Crippen molar-refractivity contribution in [1.29, 1.82) is 0 Å². The van der Waals surface area contributed by atoms with Crippen LogP contribution in [0.1, 0.15) is 17.2 Å². The van der Waals surface area contributed by atoms with Crippen molar-refractivity contribution in [3.8, 4) is 5.75 Å². The van der Waals surface area contributed by atoms with Gasteiger partial charge < -0.3 is 9.64 Å². The van der Waals surface area contributed by atoms with Crippen LogP contribution in [0.5, 0.6) is 5.75 Å². The maximum atomic E-state index is 6.28. The Bertz CT molecular complexity index is 694. The first-order valence-corrected chi connectivity index (χ1v) is 8.86. The number of fused-ring (bicyclic) bond motifs is 1. The predicted molar refractivity (Wildman–Crippen MR) is 115 cm³/mol. The van der Waals surface area contributed by atoms with E-state index in [1.165, 1.54) is 5.56 Å². The van der Waals surface area contributed by atoms with Gasteiger partial charge in [-0.3, -0.25) is 4.90 Å². The Morgan fingerprint density at radius 1 is 1.04 bits per heavy atom. The second-order valence-electron chi connectivity index (χ2n) is 6.32. The van der Waals surface area contributed by atoms with Crippen LogP contribution in [0.3, 0.4) is 0 Å². The fraction of sp³-hybridized carbons (Fsp3) is 0.368. The van der Waals surface area contributed by atoms with E-state index in [1.54, 1.807) is 0 Å². The van der Waals surface area contributed by atoms with Gasteiger partial charge in [0.1, 0.15) is 12.4 Å². The maximum Gasteiger partial charge on any atom is 0.124 e. The molecule has 3 nitrogen and oxygen atoms in total. The van der Waals surface area contributed by atoms with Crippen molar-refractivity contribution in [2.75, 3.05) is 40.3 Å². The molecule has 1 atom stereocenters. The Kier molecular flexibility index (Phi) is 9.53. The van der Waals surface area contributed by atoms with Crippen molar-refractivity contribution >= 4 is 48.0 Å². The highest BCUT2D eigenvalue weighted by molar-refractivity contribution is 6.31. The van der Waals surface area contributed by atoms with Crippen molar-refractivity contribution in [2.24, 2.45) is 0 Å². The van der Waals surface area contributed by atoms with Gasteiger partial charge in [-0.05, 0) is 50.0 Å². The van der Waals surface area contributed by atoms with Gasteiger partial charge in [0.05, 0.1) is 6.04 Å². The van der Waals surface area contributed by atoms with Crippen LogP contribution < -0.4 is 4.74 Å². The Morgan fingerprint density at radius 2 is 1.69 bits per heavy atom. The SMILES string of the molecule is CN(C)CCN1CCOc2ccc(Cl)cc2C1c1ccc(Cl)cc1.Cl.Cl. The first-order valence-electron chi connectivity index (χ1n) is 8.11. The number of nitrogens with zero attached hydrogens (tertiary/aromatic N) is 2. The number of rotatable bonds is 4. The number of hydrogen-bond donors (Lipinski definition) is 0. The molecule has 2 aromatic rings. The number of halogens is 4. The molecule has 1 aliphatic heterocycles. The largest absolute Gasteiger partial charge is 0.492 e. The molecule has 0 aromatic heterocycles. The summed E-state index contributed by atoms with van der Waals surface area (Å²) in [5.74, 6) is 0.909. The van der Waals surface area contributed by atoms with Crippen molar-refractivity contribution in [1.82, 2.24) is 9.80 Å². The van der Waals surface area contributed by atoms with Crippen molar-refractivity contribution in [3.63, 3.8) is 0 Å². The van der Waals surface area contributed by atoms with Crippen LogP contribution in [0.15, 0.2) is 42.5 Å². The van der Waals surface area contributed by atoms with E-state index in [1.807, 2.05) is 30.3 Å². The molecule has 144 valence electrons. The fourth-order valence-electron chi connectivity index (χ4n) is 3.07. The van der Waals surface area contributed by atoms with Gasteiger partial charge in [-0.15, -0.1) is 24.8 Å². The molecule has 26 heavy (non-hydrogen) atoms. The zero-order valence-electron chi connectivity index (χ0n) is 14.8. The highest BCUT2D eigenvalue weighted by atomic mass is 35.5. The minimum Gasteiger partial charge on any atom is -0.492 e. The van der Waals surface area contributed by atoms with Gasteiger partial charge in [-0.1, -0.05) is 35.3 Å². The van der Waals surface area contributed by atoms with E-state index >= 15 is 0 Å². The Hall–Kier alpha value is -0.680. The molecule has 3 rings (SSSR count). The topological polar surface area (TPSA) is 15.7 Å². The van der Waals surface area contributed by atoms with Crippen molar-refractivity contribution in [2.45, 2.75) is 6.04 Å². The molecule has 2 aromatic carbocycles. The molecule has 0 saturated heterocycles. The Morgan fingerprint density at radius 3 is 2.35 bits per heavy atom. The van der Waals surface area contributed by atoms with Crippen LogP contribution in [0.4, 0.5) is 0 Å².